The molecule has 7 nitrogen and oxygen atoms in total. The van der Waals surface area contributed by atoms with E-state index in [0.29, 0.717) is 23.4 Å². The molecule has 174 valence electrons. The van der Waals surface area contributed by atoms with Crippen molar-refractivity contribution in [2.24, 2.45) is 0 Å². The number of ether oxygens (including phenoxy) is 2. The van der Waals surface area contributed by atoms with Crippen LogP contribution in [0.5, 0.6) is 0 Å². The lowest BCUT2D eigenvalue weighted by molar-refractivity contribution is -0.142. The van der Waals surface area contributed by atoms with Gasteiger partial charge in [0.1, 0.15) is 0 Å². The molecule has 1 atom stereocenters. The number of benzene rings is 3. The summed E-state index contributed by atoms with van der Waals surface area (Å²) in [5, 5.41) is 5.71. The topological polar surface area (TPSA) is 93.7 Å². The number of hydrogen-bond donors (Lipinski definition) is 2. The SMILES string of the molecule is COCc1cccc([C@@H](CNC(=O)c2ccc3c(c2)NC(=O)c2ccccc2S3)C(=O)OC)c1. The summed E-state index contributed by atoms with van der Waals surface area (Å²) in [5.74, 6) is -1.69. The first-order valence-corrected chi connectivity index (χ1v) is 11.5. The van der Waals surface area contributed by atoms with Crippen molar-refractivity contribution in [3.63, 3.8) is 0 Å². The van der Waals surface area contributed by atoms with Gasteiger partial charge in [-0.1, -0.05) is 48.2 Å². The Hall–Kier alpha value is -3.62. The van der Waals surface area contributed by atoms with Gasteiger partial charge in [0.15, 0.2) is 0 Å². The third kappa shape index (κ3) is 5.13. The Morgan fingerprint density at radius 1 is 1.00 bits per heavy atom. The fraction of sp³-hybridized carbons (Fsp3) is 0.192. The van der Waals surface area contributed by atoms with Crippen molar-refractivity contribution in [3.8, 4) is 0 Å². The van der Waals surface area contributed by atoms with E-state index < -0.39 is 11.9 Å². The summed E-state index contributed by atoms with van der Waals surface area (Å²) in [6.07, 6.45) is 0. The smallest absolute Gasteiger partial charge is 0.314 e. The molecule has 0 radical (unpaired) electrons. The first kappa shape index (κ1) is 23.5. The average molecular weight is 477 g/mol. The van der Waals surface area contributed by atoms with E-state index in [4.69, 9.17) is 9.47 Å². The maximum atomic E-state index is 12.9. The number of fused-ring (bicyclic) bond motifs is 2. The van der Waals surface area contributed by atoms with Crippen molar-refractivity contribution in [1.29, 1.82) is 0 Å². The zero-order valence-electron chi connectivity index (χ0n) is 18.8. The first-order valence-electron chi connectivity index (χ1n) is 10.7. The van der Waals surface area contributed by atoms with Gasteiger partial charge >= 0.3 is 5.97 Å². The van der Waals surface area contributed by atoms with Crippen LogP contribution in [0.4, 0.5) is 5.69 Å². The Kier molecular flexibility index (Phi) is 7.30. The molecule has 0 bridgehead atoms. The van der Waals surface area contributed by atoms with Crippen molar-refractivity contribution in [2.45, 2.75) is 22.3 Å². The number of hydrogen-bond acceptors (Lipinski definition) is 6. The Labute approximate surface area is 201 Å². The van der Waals surface area contributed by atoms with Gasteiger partial charge < -0.3 is 20.1 Å². The number of esters is 1. The van der Waals surface area contributed by atoms with Gasteiger partial charge in [-0.15, -0.1) is 0 Å². The van der Waals surface area contributed by atoms with Gasteiger partial charge in [-0.3, -0.25) is 14.4 Å². The standard InChI is InChI=1S/C26H24N2O5S/c1-32-15-16-6-5-7-17(12-16)20(26(31)33-2)14-27-24(29)18-10-11-23-21(13-18)28-25(30)19-8-3-4-9-22(19)34-23/h3-13,20H,14-15H2,1-2H3,(H,27,29)(H,28,30)/t20-/m1/s1. The summed E-state index contributed by atoms with van der Waals surface area (Å²) in [5.41, 5.74) is 3.18. The third-order valence-electron chi connectivity index (χ3n) is 5.46. The van der Waals surface area contributed by atoms with E-state index in [-0.39, 0.29) is 18.4 Å². The van der Waals surface area contributed by atoms with Crippen LogP contribution in [0.15, 0.2) is 76.5 Å². The van der Waals surface area contributed by atoms with E-state index in [0.717, 1.165) is 20.9 Å². The molecule has 3 aromatic carbocycles. The fourth-order valence-corrected chi connectivity index (χ4v) is 4.76. The second-order valence-corrected chi connectivity index (χ2v) is 8.81. The maximum absolute atomic E-state index is 12.9. The maximum Gasteiger partial charge on any atom is 0.314 e. The second-order valence-electron chi connectivity index (χ2n) is 7.73. The Balaban J connectivity index is 1.51. The van der Waals surface area contributed by atoms with Gasteiger partial charge in [0.2, 0.25) is 0 Å². The molecular weight excluding hydrogens is 452 g/mol. The quantitative estimate of drug-likeness (QED) is 0.496. The molecule has 2 N–H and O–H groups in total. The molecule has 0 unspecified atom stereocenters. The normalized spacial score (nSPS) is 13.1. The molecule has 3 aromatic rings. The summed E-state index contributed by atoms with van der Waals surface area (Å²) in [6, 6.07) is 19.9. The molecule has 0 aromatic heterocycles. The third-order valence-corrected chi connectivity index (χ3v) is 6.61. The molecule has 0 saturated heterocycles. The minimum absolute atomic E-state index is 0.0611. The molecular formula is C26H24N2O5S. The lowest BCUT2D eigenvalue weighted by atomic mass is 9.97. The molecule has 2 amide bonds. The lowest BCUT2D eigenvalue weighted by Crippen LogP contribution is -2.32. The van der Waals surface area contributed by atoms with Crippen molar-refractivity contribution < 1.29 is 23.9 Å². The minimum Gasteiger partial charge on any atom is -0.468 e. The minimum atomic E-state index is -0.670. The highest BCUT2D eigenvalue weighted by Crippen LogP contribution is 2.39. The number of carbonyl (C=O) groups is 3. The number of amides is 2. The molecule has 0 spiro atoms. The summed E-state index contributed by atoms with van der Waals surface area (Å²) in [4.78, 5) is 39.7. The summed E-state index contributed by atoms with van der Waals surface area (Å²) < 4.78 is 10.1. The number of carbonyl (C=O) groups excluding carboxylic acids is 3. The average Bonchev–Trinajstić information content (AvgIpc) is 2.99. The lowest BCUT2D eigenvalue weighted by Gasteiger charge is -2.17. The van der Waals surface area contributed by atoms with Gasteiger partial charge in [-0.05, 0) is 41.5 Å². The predicted molar refractivity (Wildman–Crippen MR) is 129 cm³/mol. The van der Waals surface area contributed by atoms with Crippen LogP contribution in [0.25, 0.3) is 0 Å². The van der Waals surface area contributed by atoms with Gasteiger partial charge in [0, 0.05) is 29.0 Å². The van der Waals surface area contributed by atoms with E-state index in [2.05, 4.69) is 10.6 Å². The molecule has 0 saturated carbocycles. The van der Waals surface area contributed by atoms with Crippen LogP contribution in [0.1, 0.15) is 37.8 Å². The summed E-state index contributed by atoms with van der Waals surface area (Å²) >= 11 is 1.47. The second kappa shape index (κ2) is 10.5. The Morgan fingerprint density at radius 2 is 1.82 bits per heavy atom. The molecule has 4 rings (SSSR count). The fourth-order valence-electron chi connectivity index (χ4n) is 3.75. The molecule has 1 heterocycles. The largest absolute Gasteiger partial charge is 0.468 e. The van der Waals surface area contributed by atoms with Crippen LogP contribution in [-0.2, 0) is 20.9 Å². The Morgan fingerprint density at radius 3 is 2.62 bits per heavy atom. The van der Waals surface area contributed by atoms with Crippen molar-refractivity contribution in [3.05, 3.63) is 89.0 Å². The highest BCUT2D eigenvalue weighted by atomic mass is 32.2. The predicted octanol–water partition coefficient (Wildman–Crippen LogP) is 4.24. The highest BCUT2D eigenvalue weighted by Gasteiger charge is 2.24. The van der Waals surface area contributed by atoms with Gasteiger partial charge in [-0.2, -0.15) is 0 Å². The monoisotopic (exact) mass is 476 g/mol. The van der Waals surface area contributed by atoms with E-state index in [9.17, 15) is 14.4 Å². The van der Waals surface area contributed by atoms with Crippen LogP contribution in [-0.4, -0.2) is 38.5 Å². The number of methoxy groups -OCH3 is 2. The van der Waals surface area contributed by atoms with E-state index >= 15 is 0 Å². The van der Waals surface area contributed by atoms with E-state index in [1.165, 1.54) is 18.9 Å². The van der Waals surface area contributed by atoms with Crippen LogP contribution < -0.4 is 10.6 Å². The van der Waals surface area contributed by atoms with Crippen molar-refractivity contribution in [2.75, 3.05) is 26.1 Å². The van der Waals surface area contributed by atoms with Crippen LogP contribution in [0.2, 0.25) is 0 Å². The van der Waals surface area contributed by atoms with E-state index in [1.807, 2.05) is 48.5 Å². The summed E-state index contributed by atoms with van der Waals surface area (Å²) in [6.45, 7) is 0.475. The number of anilines is 1. The highest BCUT2D eigenvalue weighted by molar-refractivity contribution is 7.99. The van der Waals surface area contributed by atoms with Gasteiger partial charge in [-0.25, -0.2) is 0 Å². The molecule has 0 fully saturated rings. The van der Waals surface area contributed by atoms with Gasteiger partial charge in [0.05, 0.1) is 30.9 Å². The van der Waals surface area contributed by atoms with Crippen molar-refractivity contribution >= 4 is 35.2 Å². The summed E-state index contributed by atoms with van der Waals surface area (Å²) in [7, 11) is 2.92. The number of nitrogens with one attached hydrogen (secondary N) is 2. The van der Waals surface area contributed by atoms with Crippen LogP contribution in [0, 0.1) is 0 Å². The Bertz CT molecular complexity index is 1240. The zero-order chi connectivity index (χ0) is 24.1. The molecule has 1 aliphatic heterocycles. The van der Waals surface area contributed by atoms with Gasteiger partial charge in [0.25, 0.3) is 11.8 Å². The first-order chi connectivity index (χ1) is 16.5. The molecule has 1 aliphatic rings. The van der Waals surface area contributed by atoms with E-state index in [1.54, 1.807) is 25.3 Å². The number of rotatable bonds is 7. The molecule has 34 heavy (non-hydrogen) atoms. The molecule has 8 heteroatoms. The zero-order valence-corrected chi connectivity index (χ0v) is 19.6. The van der Waals surface area contributed by atoms with Crippen LogP contribution in [0.3, 0.4) is 0 Å². The molecule has 0 aliphatic carbocycles. The van der Waals surface area contributed by atoms with Crippen LogP contribution >= 0.6 is 11.8 Å². The van der Waals surface area contributed by atoms with Crippen molar-refractivity contribution in [1.82, 2.24) is 5.32 Å².